The van der Waals surface area contributed by atoms with Crippen molar-refractivity contribution in [1.82, 2.24) is 4.57 Å². The average molecular weight is 590 g/mol. The van der Waals surface area contributed by atoms with Crippen LogP contribution in [0.5, 0.6) is 0 Å². The second-order valence-corrected chi connectivity index (χ2v) is 10.6. The van der Waals surface area contributed by atoms with E-state index in [4.69, 9.17) is 5.11 Å². The maximum atomic E-state index is 10.9. The van der Waals surface area contributed by atoms with E-state index in [0.717, 1.165) is 32.2 Å². The summed E-state index contributed by atoms with van der Waals surface area (Å²) in [7, 11) is 3.14. The van der Waals surface area contributed by atoms with E-state index in [1.54, 1.807) is 0 Å². The fourth-order valence-corrected chi connectivity index (χ4v) is 3.66. The Bertz CT molecular complexity index is 739. The van der Waals surface area contributed by atoms with Crippen LogP contribution in [0.4, 0.5) is 13.2 Å². The molecular weight excluding hydrogens is 523 g/mol. The number of aromatic nitrogens is 1. The minimum absolute atomic E-state index is 0.188. The second kappa shape index (κ2) is 30.9. The predicted octanol–water partition coefficient (Wildman–Crippen LogP) is 11.3. The average Bonchev–Trinajstić information content (AvgIpc) is 3.11. The zero-order valence-corrected chi connectivity index (χ0v) is 28.9. The van der Waals surface area contributed by atoms with E-state index in [9.17, 15) is 18.0 Å². The lowest BCUT2D eigenvalue weighted by molar-refractivity contribution is -0.110. The molecule has 0 aromatic carbocycles. The first kappa shape index (κ1) is 48.6. The molecule has 1 heterocycles. The number of carbonyl (C=O) groups excluding carboxylic acids is 1. The van der Waals surface area contributed by atoms with Crippen LogP contribution < -0.4 is 0 Å². The number of rotatable bonds is 5. The Morgan fingerprint density at radius 1 is 1.02 bits per heavy atom. The zero-order chi connectivity index (χ0) is 33.7. The van der Waals surface area contributed by atoms with Gasteiger partial charge in [0.2, 0.25) is 0 Å². The molecule has 6 heteroatoms. The first-order valence-corrected chi connectivity index (χ1v) is 15.0. The summed E-state index contributed by atoms with van der Waals surface area (Å²) in [6.45, 7) is 27.7. The van der Waals surface area contributed by atoms with Crippen molar-refractivity contribution in [1.29, 1.82) is 0 Å². The van der Waals surface area contributed by atoms with E-state index in [-0.39, 0.29) is 12.3 Å². The number of allylic oxidation sites excluding steroid dienone is 4. The van der Waals surface area contributed by atoms with Crippen LogP contribution in [0.2, 0.25) is 0 Å². The molecule has 0 amide bonds. The molecule has 1 aromatic heterocycles. The molecule has 1 aromatic rings. The largest absolute Gasteiger partial charge is 0.400 e. The van der Waals surface area contributed by atoms with Crippen molar-refractivity contribution in [3.05, 3.63) is 60.5 Å². The summed E-state index contributed by atoms with van der Waals surface area (Å²) >= 11 is 0. The lowest BCUT2D eigenvalue weighted by atomic mass is 9.84. The van der Waals surface area contributed by atoms with Crippen molar-refractivity contribution < 1.29 is 23.1 Å². The van der Waals surface area contributed by atoms with Crippen molar-refractivity contribution in [3.63, 3.8) is 0 Å². The Labute approximate surface area is 253 Å². The van der Waals surface area contributed by atoms with E-state index in [1.165, 1.54) is 42.5 Å². The summed E-state index contributed by atoms with van der Waals surface area (Å²) in [5.41, 5.74) is 4.61. The standard InChI is InChI=1S/C16H25NO.C7H12.C5H12.C2H3F3.C2H6.C2H4.CH4O/c1-16(2,3)14-11-17(4)15-12(9-10-18)7-5-6-8-13(14)15;1-3-5-7-6-4-2;1-4-5(2)3;1-2(3,4)5;3*1-2/h10-12H,5-9H2,1-4H3;3-6H,7H2,1-2H3;5H,4H2,1-3H3;1H3;1-2H3;1-2H2;2H,1H3/b;5-3-,6-4-;;;;;. The zero-order valence-electron chi connectivity index (χ0n) is 28.9. The summed E-state index contributed by atoms with van der Waals surface area (Å²) < 4.78 is 33.3. The molecule has 244 valence electrons. The SMILES string of the molecule is C/C=C\C/C=C\C.C=C.CC.CC(F)(F)F.CCC(C)C.CO.Cn1cc(C(C)(C)C)c2c1C(CC=O)CCCC2. The van der Waals surface area contributed by atoms with Crippen LogP contribution in [-0.4, -0.2) is 29.2 Å². The number of nitrogens with zero attached hydrogens (tertiary/aromatic N) is 1. The number of aryl methyl sites for hydroxylation is 1. The summed E-state index contributed by atoms with van der Waals surface area (Å²) in [6, 6.07) is 0. The molecule has 41 heavy (non-hydrogen) atoms. The van der Waals surface area contributed by atoms with Crippen LogP contribution in [-0.2, 0) is 23.7 Å². The van der Waals surface area contributed by atoms with Gasteiger partial charge in [-0.2, -0.15) is 13.2 Å². The summed E-state index contributed by atoms with van der Waals surface area (Å²) in [4.78, 5) is 10.9. The number of halogens is 3. The van der Waals surface area contributed by atoms with E-state index >= 15 is 0 Å². The topological polar surface area (TPSA) is 42.2 Å². The minimum atomic E-state index is -4.00. The van der Waals surface area contributed by atoms with Gasteiger partial charge in [0.25, 0.3) is 0 Å². The fraction of sp³-hybridized carbons (Fsp3) is 0.686. The van der Waals surface area contributed by atoms with Gasteiger partial charge in [-0.1, -0.05) is 92.5 Å². The summed E-state index contributed by atoms with van der Waals surface area (Å²) in [6.07, 6.45) is 15.6. The maximum absolute atomic E-state index is 10.9. The van der Waals surface area contributed by atoms with Gasteiger partial charge in [-0.3, -0.25) is 0 Å². The molecule has 0 spiro atoms. The number of hydrogen-bond acceptors (Lipinski definition) is 2. The third kappa shape index (κ3) is 30.7. The van der Waals surface area contributed by atoms with Gasteiger partial charge in [-0.05, 0) is 62.0 Å². The smallest absolute Gasteiger partial charge is 0.386 e. The second-order valence-electron chi connectivity index (χ2n) is 10.6. The molecule has 0 saturated heterocycles. The number of hydrogen-bond donors (Lipinski definition) is 1. The van der Waals surface area contributed by atoms with Crippen LogP contribution in [0, 0.1) is 5.92 Å². The summed E-state index contributed by atoms with van der Waals surface area (Å²) in [5.74, 6) is 1.32. The minimum Gasteiger partial charge on any atom is -0.400 e. The highest BCUT2D eigenvalue weighted by Gasteiger charge is 2.28. The van der Waals surface area contributed by atoms with Gasteiger partial charge in [-0.25, -0.2) is 0 Å². The van der Waals surface area contributed by atoms with Crippen molar-refractivity contribution in [2.75, 3.05) is 7.11 Å². The van der Waals surface area contributed by atoms with Crippen molar-refractivity contribution in [2.45, 2.75) is 139 Å². The quantitative estimate of drug-likeness (QED) is 0.211. The predicted molar refractivity (Wildman–Crippen MR) is 177 cm³/mol. The number of fused-ring (bicyclic) bond motifs is 1. The molecule has 1 atom stereocenters. The molecule has 0 saturated carbocycles. The van der Waals surface area contributed by atoms with E-state index in [1.807, 2.05) is 27.7 Å². The number of aldehydes is 1. The fourth-order valence-electron chi connectivity index (χ4n) is 3.66. The number of carbonyl (C=O) groups is 1. The first-order chi connectivity index (χ1) is 19.1. The molecule has 1 unspecified atom stereocenters. The Hall–Kier alpha value is -2.08. The van der Waals surface area contributed by atoms with Crippen molar-refractivity contribution in [2.24, 2.45) is 13.0 Å². The lowest BCUT2D eigenvalue weighted by Gasteiger charge is -2.20. The molecule has 0 bridgehead atoms. The third-order valence-corrected chi connectivity index (χ3v) is 5.70. The normalized spacial score (nSPS) is 14.0. The van der Waals surface area contributed by atoms with Gasteiger partial charge >= 0.3 is 6.18 Å². The van der Waals surface area contributed by atoms with Crippen LogP contribution in [0.1, 0.15) is 137 Å². The van der Waals surface area contributed by atoms with Gasteiger partial charge in [0, 0.05) is 45.3 Å². The Morgan fingerprint density at radius 3 is 1.76 bits per heavy atom. The molecule has 1 aliphatic rings. The lowest BCUT2D eigenvalue weighted by Crippen LogP contribution is -2.13. The van der Waals surface area contributed by atoms with Crippen LogP contribution in [0.3, 0.4) is 0 Å². The highest BCUT2D eigenvalue weighted by Crippen LogP contribution is 2.38. The molecule has 2 rings (SSSR count). The first-order valence-electron chi connectivity index (χ1n) is 15.0. The molecule has 3 nitrogen and oxygen atoms in total. The van der Waals surface area contributed by atoms with Gasteiger partial charge in [0.1, 0.15) is 6.29 Å². The van der Waals surface area contributed by atoms with Gasteiger partial charge < -0.3 is 14.5 Å². The van der Waals surface area contributed by atoms with E-state index in [2.05, 4.69) is 96.8 Å². The van der Waals surface area contributed by atoms with Crippen LogP contribution in [0.25, 0.3) is 0 Å². The van der Waals surface area contributed by atoms with Gasteiger partial charge in [-0.15, -0.1) is 13.2 Å². The molecule has 0 fully saturated rings. The van der Waals surface area contributed by atoms with Crippen molar-refractivity contribution in [3.8, 4) is 0 Å². The van der Waals surface area contributed by atoms with Crippen LogP contribution >= 0.6 is 0 Å². The van der Waals surface area contributed by atoms with Crippen molar-refractivity contribution >= 4 is 6.29 Å². The maximum Gasteiger partial charge on any atom is 0.386 e. The molecule has 1 N–H and O–H groups in total. The number of alkyl halides is 3. The Morgan fingerprint density at radius 2 is 1.44 bits per heavy atom. The molecular formula is C35H66F3NO2. The molecule has 1 aliphatic carbocycles. The Balaban J connectivity index is -0.000000156. The highest BCUT2D eigenvalue weighted by atomic mass is 19.4. The molecule has 0 aliphatic heterocycles. The van der Waals surface area contributed by atoms with Gasteiger partial charge in [0.05, 0.1) is 0 Å². The van der Waals surface area contributed by atoms with Gasteiger partial charge in [0.15, 0.2) is 0 Å². The number of aliphatic hydroxyl groups is 1. The van der Waals surface area contributed by atoms with Crippen LogP contribution in [0.15, 0.2) is 43.7 Å². The monoisotopic (exact) mass is 590 g/mol. The third-order valence-electron chi connectivity index (χ3n) is 5.70. The number of aliphatic hydroxyl groups excluding tert-OH is 1. The Kier molecular flexibility index (Phi) is 36.6. The summed E-state index contributed by atoms with van der Waals surface area (Å²) in [5, 5.41) is 7.00. The highest BCUT2D eigenvalue weighted by molar-refractivity contribution is 5.52. The van der Waals surface area contributed by atoms with E-state index in [0.29, 0.717) is 12.3 Å². The van der Waals surface area contributed by atoms with E-state index < -0.39 is 6.18 Å². The molecule has 0 radical (unpaired) electrons.